The van der Waals surface area contributed by atoms with Crippen LogP contribution in [-0.2, 0) is 11.3 Å². The highest BCUT2D eigenvalue weighted by Crippen LogP contribution is 2.38. The molecule has 0 bridgehead atoms. The molecule has 0 aliphatic heterocycles. The molecule has 1 heterocycles. The summed E-state index contributed by atoms with van der Waals surface area (Å²) in [6.45, 7) is 0.134. The van der Waals surface area contributed by atoms with Crippen LogP contribution in [0.1, 0.15) is 23.2 Å². The predicted octanol–water partition coefficient (Wildman–Crippen LogP) is 3.69. The second kappa shape index (κ2) is 9.28. The van der Waals surface area contributed by atoms with E-state index < -0.39 is 5.91 Å². The summed E-state index contributed by atoms with van der Waals surface area (Å²) in [4.78, 5) is 24.0. The van der Waals surface area contributed by atoms with Crippen LogP contribution in [0, 0.1) is 11.3 Å². The average Bonchev–Trinajstić information content (AvgIpc) is 3.02. The largest absolute Gasteiger partial charge is 0.493 e. The summed E-state index contributed by atoms with van der Waals surface area (Å²) in [6.07, 6.45) is 0.937. The van der Waals surface area contributed by atoms with Gasteiger partial charge in [-0.2, -0.15) is 5.26 Å². The Hall–Kier alpha value is -3.99. The molecule has 0 saturated carbocycles. The fourth-order valence-corrected chi connectivity index (χ4v) is 2.90. The minimum absolute atomic E-state index is 0.117. The topological polar surface area (TPSA) is 120 Å². The van der Waals surface area contributed by atoms with Gasteiger partial charge in [-0.05, 0) is 24.6 Å². The number of hydrogen-bond acceptors (Lipinski definition) is 5. The van der Waals surface area contributed by atoms with Crippen LogP contribution >= 0.6 is 0 Å². The van der Waals surface area contributed by atoms with Crippen molar-refractivity contribution in [2.75, 3.05) is 6.54 Å². The highest BCUT2D eigenvalue weighted by Gasteiger charge is 2.16. The number of benzene rings is 2. The molecule has 0 spiro atoms. The molecule has 29 heavy (non-hydrogen) atoms. The number of aromatic nitrogens is 1. The van der Waals surface area contributed by atoms with E-state index in [-0.39, 0.29) is 24.0 Å². The quantitative estimate of drug-likeness (QED) is 0.473. The molecule has 0 aliphatic carbocycles. The molecule has 8 heteroatoms. The van der Waals surface area contributed by atoms with Crippen LogP contribution in [0.3, 0.4) is 0 Å². The molecule has 146 valence electrons. The van der Waals surface area contributed by atoms with Crippen molar-refractivity contribution < 1.29 is 14.7 Å². The Morgan fingerprint density at radius 2 is 1.83 bits per heavy atom. The van der Waals surface area contributed by atoms with Crippen molar-refractivity contribution in [1.82, 2.24) is 9.88 Å². The first kappa shape index (κ1) is 19.8. The van der Waals surface area contributed by atoms with Crippen LogP contribution in [0.5, 0.6) is 5.88 Å². The number of carbonyl (C=O) groups is 2. The maximum absolute atomic E-state index is 12.0. The number of hydrogen-bond donors (Lipinski definition) is 2. The number of nitrogens with one attached hydrogen (secondary N) is 1. The molecule has 0 aliphatic rings. The van der Waals surface area contributed by atoms with Gasteiger partial charge in [0.05, 0.1) is 11.6 Å². The summed E-state index contributed by atoms with van der Waals surface area (Å²) >= 11 is 0. The van der Waals surface area contributed by atoms with Gasteiger partial charge in [0.1, 0.15) is 6.54 Å². The van der Waals surface area contributed by atoms with Crippen LogP contribution in [-0.4, -0.2) is 28.0 Å². The normalized spacial score (nSPS) is 10.9. The van der Waals surface area contributed by atoms with Crippen LogP contribution in [0.15, 0.2) is 64.8 Å². The van der Waals surface area contributed by atoms with Crippen molar-refractivity contribution in [3.8, 4) is 11.9 Å². The van der Waals surface area contributed by atoms with Gasteiger partial charge in [0.15, 0.2) is 5.69 Å². The van der Waals surface area contributed by atoms with Crippen molar-refractivity contribution in [2.24, 2.45) is 10.2 Å². The van der Waals surface area contributed by atoms with Crippen LogP contribution in [0.4, 0.5) is 5.69 Å². The zero-order valence-electron chi connectivity index (χ0n) is 15.6. The monoisotopic (exact) mass is 389 g/mol. The summed E-state index contributed by atoms with van der Waals surface area (Å²) in [5, 5.41) is 29.9. The van der Waals surface area contributed by atoms with E-state index in [0.29, 0.717) is 30.3 Å². The lowest BCUT2D eigenvalue weighted by molar-refractivity contribution is -0.117. The minimum Gasteiger partial charge on any atom is -0.493 e. The maximum atomic E-state index is 12.0. The molecular weight excluding hydrogens is 370 g/mol. The number of rotatable bonds is 7. The van der Waals surface area contributed by atoms with E-state index in [1.54, 1.807) is 47.0 Å². The van der Waals surface area contributed by atoms with E-state index in [0.717, 1.165) is 5.52 Å². The van der Waals surface area contributed by atoms with Crippen molar-refractivity contribution in [1.29, 1.82) is 5.26 Å². The molecule has 0 unspecified atom stereocenters. The van der Waals surface area contributed by atoms with Crippen molar-refractivity contribution in [3.63, 3.8) is 0 Å². The summed E-state index contributed by atoms with van der Waals surface area (Å²) < 4.78 is 1.64. The van der Waals surface area contributed by atoms with Gasteiger partial charge >= 0.3 is 0 Å². The van der Waals surface area contributed by atoms with Gasteiger partial charge in [0, 0.05) is 23.9 Å². The van der Waals surface area contributed by atoms with Crippen LogP contribution in [0.25, 0.3) is 10.9 Å². The zero-order valence-corrected chi connectivity index (χ0v) is 15.6. The Labute approximate surface area is 167 Å². The first-order chi connectivity index (χ1) is 14.1. The SMILES string of the molecule is N#CCCCn1c(O)c(N=NC(=O)CNC(=O)c2ccccc2)c2ccccc21. The number of unbranched alkanes of at least 4 members (excludes halogenated alkanes) is 1. The van der Waals surface area contributed by atoms with E-state index >= 15 is 0 Å². The number of azo groups is 1. The average molecular weight is 389 g/mol. The van der Waals surface area contributed by atoms with E-state index in [4.69, 9.17) is 5.26 Å². The third-order valence-corrected chi connectivity index (χ3v) is 4.29. The molecule has 2 N–H and O–H groups in total. The molecular formula is C21H19N5O3. The second-order valence-electron chi connectivity index (χ2n) is 6.25. The van der Waals surface area contributed by atoms with Crippen molar-refractivity contribution >= 4 is 28.4 Å². The maximum Gasteiger partial charge on any atom is 0.283 e. The van der Waals surface area contributed by atoms with E-state index in [9.17, 15) is 14.7 Å². The Bertz CT molecular complexity index is 1100. The van der Waals surface area contributed by atoms with Gasteiger partial charge in [0.2, 0.25) is 5.88 Å². The van der Waals surface area contributed by atoms with Crippen LogP contribution in [0.2, 0.25) is 0 Å². The first-order valence-electron chi connectivity index (χ1n) is 9.06. The Morgan fingerprint density at radius 1 is 1.10 bits per heavy atom. The lowest BCUT2D eigenvalue weighted by Crippen LogP contribution is -2.28. The van der Waals surface area contributed by atoms with Crippen LogP contribution < -0.4 is 5.32 Å². The number of amides is 2. The van der Waals surface area contributed by atoms with E-state index in [1.807, 2.05) is 12.1 Å². The van der Waals surface area contributed by atoms with Gasteiger partial charge in [0.25, 0.3) is 11.8 Å². The molecule has 0 saturated heterocycles. The van der Waals surface area contributed by atoms with Crippen molar-refractivity contribution in [3.05, 3.63) is 60.2 Å². The molecule has 0 atom stereocenters. The fraction of sp³-hybridized carbons (Fsp3) is 0.190. The van der Waals surface area contributed by atoms with Gasteiger partial charge in [-0.15, -0.1) is 10.2 Å². The standard InChI is InChI=1S/C21H19N5O3/c22-12-6-7-13-26-17-11-5-4-10-16(17)19(21(26)29)25-24-18(27)14-23-20(28)15-8-2-1-3-9-15/h1-5,8-11,29H,6-7,13-14H2,(H,23,28). The van der Waals surface area contributed by atoms with Gasteiger partial charge < -0.3 is 15.0 Å². The third kappa shape index (κ3) is 4.65. The lowest BCUT2D eigenvalue weighted by Gasteiger charge is -2.04. The number of nitriles is 1. The number of aromatic hydroxyl groups is 1. The number of para-hydroxylation sites is 1. The molecule has 0 radical (unpaired) electrons. The second-order valence-corrected chi connectivity index (χ2v) is 6.25. The molecule has 3 aromatic rings. The summed E-state index contributed by atoms with van der Waals surface area (Å²) in [5.74, 6) is -1.14. The number of fused-ring (bicyclic) bond motifs is 1. The molecule has 2 aromatic carbocycles. The molecule has 2 amide bonds. The molecule has 3 rings (SSSR count). The first-order valence-corrected chi connectivity index (χ1v) is 9.06. The van der Waals surface area contributed by atoms with Gasteiger partial charge in [-0.3, -0.25) is 9.59 Å². The van der Waals surface area contributed by atoms with Gasteiger partial charge in [-0.25, -0.2) is 0 Å². The van der Waals surface area contributed by atoms with E-state index in [1.165, 1.54) is 0 Å². The third-order valence-electron chi connectivity index (χ3n) is 4.29. The molecule has 8 nitrogen and oxygen atoms in total. The number of nitrogens with zero attached hydrogens (tertiary/aromatic N) is 4. The highest BCUT2D eigenvalue weighted by atomic mass is 16.3. The smallest absolute Gasteiger partial charge is 0.283 e. The lowest BCUT2D eigenvalue weighted by atomic mass is 10.2. The van der Waals surface area contributed by atoms with Crippen molar-refractivity contribution in [2.45, 2.75) is 19.4 Å². The van der Waals surface area contributed by atoms with E-state index in [2.05, 4.69) is 21.6 Å². The Kier molecular flexibility index (Phi) is 6.32. The minimum atomic E-state index is -0.644. The Morgan fingerprint density at radius 3 is 2.59 bits per heavy atom. The summed E-state index contributed by atoms with van der Waals surface area (Å²) in [5.41, 5.74) is 1.36. The summed E-state index contributed by atoms with van der Waals surface area (Å²) in [6, 6.07) is 17.8. The number of carbonyl (C=O) groups excluding carboxylic acids is 2. The molecule has 1 aromatic heterocycles. The number of aryl methyl sites for hydroxylation is 1. The Balaban J connectivity index is 1.73. The zero-order chi connectivity index (χ0) is 20.6. The highest BCUT2D eigenvalue weighted by molar-refractivity contribution is 5.97. The van der Waals surface area contributed by atoms with Gasteiger partial charge in [-0.1, -0.05) is 36.4 Å². The predicted molar refractivity (Wildman–Crippen MR) is 107 cm³/mol. The molecule has 0 fully saturated rings. The summed E-state index contributed by atoms with van der Waals surface area (Å²) in [7, 11) is 0. The fourth-order valence-electron chi connectivity index (χ4n) is 2.90.